The van der Waals surface area contributed by atoms with Crippen molar-refractivity contribution in [3.05, 3.63) is 28.8 Å². The van der Waals surface area contributed by atoms with E-state index in [1.165, 1.54) is 16.7 Å². The highest BCUT2D eigenvalue weighted by atomic mass is 16.5. The third-order valence-corrected chi connectivity index (χ3v) is 4.52. The normalized spacial score (nSPS) is 13.7. The molecule has 24 heavy (non-hydrogen) atoms. The summed E-state index contributed by atoms with van der Waals surface area (Å²) < 4.78 is 6.25. The summed E-state index contributed by atoms with van der Waals surface area (Å²) >= 11 is 0. The van der Waals surface area contributed by atoms with Crippen molar-refractivity contribution in [3.63, 3.8) is 0 Å². The fraction of sp³-hybridized carbons (Fsp3) is 0.682. The molecule has 0 saturated carbocycles. The minimum Gasteiger partial charge on any atom is -0.493 e. The van der Waals surface area contributed by atoms with Gasteiger partial charge in [0.25, 0.3) is 0 Å². The second-order valence-electron chi connectivity index (χ2n) is 8.95. The van der Waals surface area contributed by atoms with E-state index in [4.69, 9.17) is 4.74 Å². The van der Waals surface area contributed by atoms with Crippen molar-refractivity contribution in [3.8, 4) is 5.75 Å². The summed E-state index contributed by atoms with van der Waals surface area (Å²) in [6.45, 7) is 18.4. The zero-order chi connectivity index (χ0) is 18.5. The predicted octanol–water partition coefficient (Wildman–Crippen LogP) is 6.15. The molecule has 0 aromatic heterocycles. The zero-order valence-corrected chi connectivity index (χ0v) is 17.0. The van der Waals surface area contributed by atoms with Crippen LogP contribution in [0.5, 0.6) is 5.75 Å². The van der Waals surface area contributed by atoms with E-state index in [1.54, 1.807) is 0 Å². The highest BCUT2D eigenvalue weighted by Gasteiger charge is 2.27. The second-order valence-corrected chi connectivity index (χ2v) is 8.95. The Morgan fingerprint density at radius 2 is 1.71 bits per heavy atom. The van der Waals surface area contributed by atoms with E-state index in [0.717, 1.165) is 31.5 Å². The summed E-state index contributed by atoms with van der Waals surface area (Å²) in [6.07, 6.45) is 3.71. The van der Waals surface area contributed by atoms with Crippen LogP contribution in [-0.2, 0) is 15.6 Å². The van der Waals surface area contributed by atoms with Gasteiger partial charge in [0.15, 0.2) is 0 Å². The van der Waals surface area contributed by atoms with Crippen LogP contribution in [-0.4, -0.2) is 12.9 Å². The van der Waals surface area contributed by atoms with Gasteiger partial charge in [0.05, 0.1) is 6.61 Å². The SMILES string of the molecule is CCCCOc1c(C(C)CC=O)cc(C(C)(C)C)cc1C(C)(C)C. The van der Waals surface area contributed by atoms with Gasteiger partial charge < -0.3 is 9.53 Å². The Kier molecular flexibility index (Phi) is 7.07. The molecular formula is C22H36O2. The molecule has 0 aliphatic heterocycles. The van der Waals surface area contributed by atoms with Gasteiger partial charge in [-0.1, -0.05) is 73.9 Å². The molecule has 2 heteroatoms. The molecule has 1 aromatic rings. The molecular weight excluding hydrogens is 296 g/mol. The van der Waals surface area contributed by atoms with Gasteiger partial charge in [-0.3, -0.25) is 0 Å². The van der Waals surface area contributed by atoms with Gasteiger partial charge >= 0.3 is 0 Å². The smallest absolute Gasteiger partial charge is 0.126 e. The van der Waals surface area contributed by atoms with Crippen molar-refractivity contribution >= 4 is 6.29 Å². The molecule has 0 heterocycles. The average molecular weight is 333 g/mol. The highest BCUT2D eigenvalue weighted by molar-refractivity contribution is 5.56. The number of hydrogen-bond donors (Lipinski definition) is 0. The quantitative estimate of drug-likeness (QED) is 0.442. The summed E-state index contributed by atoms with van der Waals surface area (Å²) in [7, 11) is 0. The largest absolute Gasteiger partial charge is 0.493 e. The number of aldehydes is 1. The maximum absolute atomic E-state index is 11.1. The van der Waals surface area contributed by atoms with Gasteiger partial charge in [-0.15, -0.1) is 0 Å². The lowest BCUT2D eigenvalue weighted by molar-refractivity contribution is -0.108. The Bertz CT molecular complexity index is 544. The van der Waals surface area contributed by atoms with E-state index in [0.29, 0.717) is 6.42 Å². The lowest BCUT2D eigenvalue weighted by Crippen LogP contribution is -2.20. The van der Waals surface area contributed by atoms with Gasteiger partial charge in [-0.05, 0) is 34.3 Å². The Morgan fingerprint density at radius 1 is 1.08 bits per heavy atom. The van der Waals surface area contributed by atoms with Crippen LogP contribution in [0, 0.1) is 0 Å². The molecule has 0 fully saturated rings. The minimum absolute atomic E-state index is 0.00153. The van der Waals surface area contributed by atoms with Crippen LogP contribution in [0.3, 0.4) is 0 Å². The summed E-state index contributed by atoms with van der Waals surface area (Å²) in [5.41, 5.74) is 3.80. The monoisotopic (exact) mass is 332 g/mol. The van der Waals surface area contributed by atoms with Crippen molar-refractivity contribution in [2.24, 2.45) is 0 Å². The van der Waals surface area contributed by atoms with Crippen LogP contribution in [0.15, 0.2) is 12.1 Å². The number of rotatable bonds is 7. The Labute approximate surface area is 149 Å². The van der Waals surface area contributed by atoms with Crippen molar-refractivity contribution in [2.75, 3.05) is 6.61 Å². The standard InChI is InChI=1S/C22H36O2/c1-9-10-13-24-20-18(16(2)11-12-23)14-17(21(3,4)5)15-19(20)22(6,7)8/h12,14-16H,9-11,13H2,1-8H3. The third kappa shape index (κ3) is 5.36. The molecule has 0 saturated heterocycles. The molecule has 1 aromatic carbocycles. The Hall–Kier alpha value is -1.31. The summed E-state index contributed by atoms with van der Waals surface area (Å²) in [4.78, 5) is 11.1. The van der Waals surface area contributed by atoms with Crippen LogP contribution in [0.4, 0.5) is 0 Å². The molecule has 0 aliphatic rings. The van der Waals surface area contributed by atoms with E-state index in [-0.39, 0.29) is 16.7 Å². The van der Waals surface area contributed by atoms with Gasteiger partial charge in [0.1, 0.15) is 12.0 Å². The predicted molar refractivity (Wildman–Crippen MR) is 103 cm³/mol. The maximum Gasteiger partial charge on any atom is 0.126 e. The molecule has 0 radical (unpaired) electrons. The van der Waals surface area contributed by atoms with Crippen LogP contribution in [0.1, 0.15) is 97.3 Å². The van der Waals surface area contributed by atoms with Gasteiger partial charge in [0.2, 0.25) is 0 Å². The van der Waals surface area contributed by atoms with Crippen LogP contribution in [0.25, 0.3) is 0 Å². The van der Waals surface area contributed by atoms with E-state index < -0.39 is 0 Å². The summed E-state index contributed by atoms with van der Waals surface area (Å²) in [5.74, 6) is 1.17. The molecule has 1 rings (SSSR count). The summed E-state index contributed by atoms with van der Waals surface area (Å²) in [6, 6.07) is 4.56. The van der Waals surface area contributed by atoms with Crippen molar-refractivity contribution in [2.45, 2.75) is 91.4 Å². The van der Waals surface area contributed by atoms with Crippen molar-refractivity contribution < 1.29 is 9.53 Å². The van der Waals surface area contributed by atoms with E-state index in [2.05, 4.69) is 67.5 Å². The molecule has 1 atom stereocenters. The third-order valence-electron chi connectivity index (χ3n) is 4.52. The lowest BCUT2D eigenvalue weighted by Gasteiger charge is -2.30. The number of carbonyl (C=O) groups excluding carboxylic acids is 1. The second kappa shape index (κ2) is 8.18. The molecule has 0 spiro atoms. The minimum atomic E-state index is -0.00153. The number of carbonyl (C=O) groups is 1. The molecule has 0 amide bonds. The van der Waals surface area contributed by atoms with Crippen LogP contribution in [0.2, 0.25) is 0 Å². The first-order valence-corrected chi connectivity index (χ1v) is 9.27. The van der Waals surface area contributed by atoms with Crippen molar-refractivity contribution in [1.82, 2.24) is 0 Å². The highest BCUT2D eigenvalue weighted by Crippen LogP contribution is 2.41. The van der Waals surface area contributed by atoms with Crippen LogP contribution < -0.4 is 4.74 Å². The van der Waals surface area contributed by atoms with E-state index >= 15 is 0 Å². The maximum atomic E-state index is 11.1. The molecule has 0 N–H and O–H groups in total. The molecule has 136 valence electrons. The molecule has 0 aliphatic carbocycles. The summed E-state index contributed by atoms with van der Waals surface area (Å²) in [5, 5.41) is 0. The molecule has 2 nitrogen and oxygen atoms in total. The number of benzene rings is 1. The molecule has 0 bridgehead atoms. The first-order valence-electron chi connectivity index (χ1n) is 9.27. The average Bonchev–Trinajstić information content (AvgIpc) is 2.45. The fourth-order valence-electron chi connectivity index (χ4n) is 2.76. The molecule has 1 unspecified atom stereocenters. The first-order chi connectivity index (χ1) is 11.0. The zero-order valence-electron chi connectivity index (χ0n) is 17.0. The Morgan fingerprint density at radius 3 is 2.17 bits per heavy atom. The van der Waals surface area contributed by atoms with Crippen LogP contribution >= 0.6 is 0 Å². The first kappa shape index (κ1) is 20.7. The van der Waals surface area contributed by atoms with Gasteiger partial charge in [0, 0.05) is 12.0 Å². The number of hydrogen-bond acceptors (Lipinski definition) is 2. The Balaban J connectivity index is 3.56. The van der Waals surface area contributed by atoms with Gasteiger partial charge in [-0.2, -0.15) is 0 Å². The van der Waals surface area contributed by atoms with Gasteiger partial charge in [-0.25, -0.2) is 0 Å². The van der Waals surface area contributed by atoms with E-state index in [9.17, 15) is 4.79 Å². The van der Waals surface area contributed by atoms with Crippen molar-refractivity contribution in [1.29, 1.82) is 0 Å². The fourth-order valence-corrected chi connectivity index (χ4v) is 2.76. The van der Waals surface area contributed by atoms with E-state index in [1.807, 2.05) is 0 Å². The number of unbranched alkanes of at least 4 members (excludes halogenated alkanes) is 1. The number of ether oxygens (including phenoxy) is 1. The lowest BCUT2D eigenvalue weighted by atomic mass is 9.77. The topological polar surface area (TPSA) is 26.3 Å².